The molecule has 5 N–H and O–H groups in total. The molecule has 0 bridgehead atoms. The van der Waals surface area contributed by atoms with E-state index < -0.39 is 0 Å². The molecule has 0 spiro atoms. The molecule has 2 rings (SSSR count). The predicted molar refractivity (Wildman–Crippen MR) is 74.2 cm³/mol. The molecule has 1 aromatic carbocycles. The van der Waals surface area contributed by atoms with Crippen LogP contribution in [-0.4, -0.2) is 37.4 Å². The highest BCUT2D eigenvalue weighted by molar-refractivity contribution is 5.95. The number of hydrogen-bond donors (Lipinski definition) is 4. The molecule has 1 aromatic rings. The Hall–Kier alpha value is -1.79. The molecule has 1 heterocycles. The van der Waals surface area contributed by atoms with Crippen molar-refractivity contribution >= 4 is 23.0 Å². The van der Waals surface area contributed by atoms with E-state index in [4.69, 9.17) is 15.6 Å². The van der Waals surface area contributed by atoms with E-state index in [9.17, 15) is 4.79 Å². The van der Waals surface area contributed by atoms with Gasteiger partial charge in [0.1, 0.15) is 0 Å². The van der Waals surface area contributed by atoms with E-state index in [-0.39, 0.29) is 12.5 Å². The van der Waals surface area contributed by atoms with Crippen molar-refractivity contribution in [2.45, 2.75) is 12.8 Å². The maximum atomic E-state index is 11.3. The Morgan fingerprint density at radius 2 is 2.21 bits per heavy atom. The van der Waals surface area contributed by atoms with Crippen molar-refractivity contribution in [2.75, 3.05) is 42.7 Å². The molecule has 1 aliphatic rings. The van der Waals surface area contributed by atoms with E-state index in [1.54, 1.807) is 6.07 Å². The van der Waals surface area contributed by atoms with Gasteiger partial charge in [0.25, 0.3) is 0 Å². The Labute approximate surface area is 111 Å². The van der Waals surface area contributed by atoms with Gasteiger partial charge in [0.05, 0.1) is 31.2 Å². The van der Waals surface area contributed by atoms with Gasteiger partial charge in [0, 0.05) is 18.7 Å². The van der Waals surface area contributed by atoms with Crippen LogP contribution in [0.3, 0.4) is 0 Å². The number of nitrogens with one attached hydrogen (secondary N) is 2. The Balaban J connectivity index is 1.96. The lowest BCUT2D eigenvalue weighted by Gasteiger charge is -2.19. The Morgan fingerprint density at radius 1 is 1.37 bits per heavy atom. The molecule has 0 fully saturated rings. The molecule has 104 valence electrons. The number of nitrogen functional groups attached to an aromatic ring is 1. The fraction of sp³-hybridized carbons (Fsp3) is 0.462. The van der Waals surface area contributed by atoms with E-state index >= 15 is 0 Å². The maximum absolute atomic E-state index is 11.3. The number of aliphatic hydroxyl groups excluding tert-OH is 1. The summed E-state index contributed by atoms with van der Waals surface area (Å²) in [6, 6.07) is 3.75. The largest absolute Gasteiger partial charge is 0.397 e. The van der Waals surface area contributed by atoms with Crippen LogP contribution in [-0.2, 0) is 16.0 Å². The summed E-state index contributed by atoms with van der Waals surface area (Å²) in [5, 5.41) is 14.6. The molecule has 0 radical (unpaired) electrons. The van der Waals surface area contributed by atoms with Gasteiger partial charge in [0.15, 0.2) is 0 Å². The fourth-order valence-electron chi connectivity index (χ4n) is 2.02. The summed E-state index contributed by atoms with van der Waals surface area (Å²) < 4.78 is 5.16. The summed E-state index contributed by atoms with van der Waals surface area (Å²) in [5.41, 5.74) is 9.28. The van der Waals surface area contributed by atoms with Gasteiger partial charge < -0.3 is 26.2 Å². The number of nitrogens with two attached hydrogens (primary N) is 1. The number of rotatable bonds is 6. The minimum atomic E-state index is 0.0285. The summed E-state index contributed by atoms with van der Waals surface area (Å²) in [7, 11) is 0. The third-order valence-corrected chi connectivity index (χ3v) is 2.97. The number of fused-ring (bicyclic) bond motifs is 1. The minimum absolute atomic E-state index is 0.0285. The highest BCUT2D eigenvalue weighted by Gasteiger charge is 2.16. The molecule has 19 heavy (non-hydrogen) atoms. The maximum Gasteiger partial charge on any atom is 0.224 e. The highest BCUT2D eigenvalue weighted by Crippen LogP contribution is 2.30. The van der Waals surface area contributed by atoms with Gasteiger partial charge in [-0.25, -0.2) is 0 Å². The van der Waals surface area contributed by atoms with Gasteiger partial charge in [0.2, 0.25) is 5.91 Å². The van der Waals surface area contributed by atoms with Crippen LogP contribution < -0.4 is 16.4 Å². The average molecular weight is 265 g/mol. The number of aliphatic hydroxyl groups is 1. The summed E-state index contributed by atoms with van der Waals surface area (Å²) in [4.78, 5) is 11.3. The highest BCUT2D eigenvalue weighted by atomic mass is 16.5. The van der Waals surface area contributed by atoms with Gasteiger partial charge in [-0.1, -0.05) is 0 Å². The quantitative estimate of drug-likeness (QED) is 0.445. The third-order valence-electron chi connectivity index (χ3n) is 2.97. The third kappa shape index (κ3) is 3.59. The molecule has 0 unspecified atom stereocenters. The molecule has 0 aromatic heterocycles. The van der Waals surface area contributed by atoms with E-state index in [0.717, 1.165) is 23.4 Å². The van der Waals surface area contributed by atoms with Crippen LogP contribution in [0.5, 0.6) is 0 Å². The van der Waals surface area contributed by atoms with E-state index in [2.05, 4.69) is 10.6 Å². The summed E-state index contributed by atoms with van der Waals surface area (Å²) in [5.74, 6) is 0.0324. The van der Waals surface area contributed by atoms with Crippen molar-refractivity contribution in [3.05, 3.63) is 17.7 Å². The number of carbonyl (C=O) groups is 1. The summed E-state index contributed by atoms with van der Waals surface area (Å²) in [6.45, 7) is 1.50. The Kier molecular flexibility index (Phi) is 4.59. The Morgan fingerprint density at radius 3 is 3.00 bits per heavy atom. The van der Waals surface area contributed by atoms with Gasteiger partial charge in [-0.3, -0.25) is 4.79 Å². The van der Waals surface area contributed by atoms with Crippen molar-refractivity contribution in [3.8, 4) is 0 Å². The lowest BCUT2D eigenvalue weighted by Crippen LogP contribution is -2.20. The van der Waals surface area contributed by atoms with Gasteiger partial charge in [-0.15, -0.1) is 0 Å². The second-order valence-electron chi connectivity index (χ2n) is 4.41. The first-order valence-corrected chi connectivity index (χ1v) is 6.35. The smallest absolute Gasteiger partial charge is 0.224 e. The van der Waals surface area contributed by atoms with Crippen LogP contribution in [0.25, 0.3) is 0 Å². The molecule has 0 saturated carbocycles. The zero-order valence-corrected chi connectivity index (χ0v) is 10.7. The monoisotopic (exact) mass is 265 g/mol. The van der Waals surface area contributed by atoms with Crippen LogP contribution in [0.2, 0.25) is 0 Å². The minimum Gasteiger partial charge on any atom is -0.397 e. The van der Waals surface area contributed by atoms with Gasteiger partial charge in [-0.05, 0) is 24.1 Å². The van der Waals surface area contributed by atoms with Crippen molar-refractivity contribution in [2.24, 2.45) is 0 Å². The second kappa shape index (κ2) is 6.40. The second-order valence-corrected chi connectivity index (χ2v) is 4.41. The van der Waals surface area contributed by atoms with Gasteiger partial charge in [-0.2, -0.15) is 0 Å². The number of carbonyl (C=O) groups excluding carboxylic acids is 1. The SMILES string of the molecule is Nc1cc2c(cc1NCCOCCO)CCC(=O)N2. The lowest BCUT2D eigenvalue weighted by molar-refractivity contribution is -0.116. The normalized spacial score (nSPS) is 13.8. The molecular weight excluding hydrogens is 246 g/mol. The Bertz CT molecular complexity index is 463. The number of anilines is 3. The van der Waals surface area contributed by atoms with E-state index in [1.165, 1.54) is 0 Å². The first kappa shape index (κ1) is 13.6. The van der Waals surface area contributed by atoms with Crippen molar-refractivity contribution in [1.82, 2.24) is 0 Å². The van der Waals surface area contributed by atoms with Crippen molar-refractivity contribution in [1.29, 1.82) is 0 Å². The average Bonchev–Trinajstić information content (AvgIpc) is 2.39. The van der Waals surface area contributed by atoms with Gasteiger partial charge >= 0.3 is 0 Å². The van der Waals surface area contributed by atoms with Crippen LogP contribution in [0.15, 0.2) is 12.1 Å². The fourth-order valence-corrected chi connectivity index (χ4v) is 2.02. The molecule has 0 aliphatic carbocycles. The topological polar surface area (TPSA) is 96.6 Å². The predicted octanol–water partition coefficient (Wildman–Crippen LogP) is 0.574. The lowest BCUT2D eigenvalue weighted by atomic mass is 10.0. The van der Waals surface area contributed by atoms with Crippen LogP contribution in [0, 0.1) is 0 Å². The standard InChI is InChI=1S/C13H19N3O3/c14-10-8-11-9(1-2-13(18)16-11)7-12(10)15-3-5-19-6-4-17/h7-8,15,17H,1-6,14H2,(H,16,18). The zero-order chi connectivity index (χ0) is 13.7. The molecule has 6 nitrogen and oxygen atoms in total. The molecule has 6 heteroatoms. The van der Waals surface area contributed by atoms with E-state index in [0.29, 0.717) is 31.9 Å². The number of ether oxygens (including phenoxy) is 1. The zero-order valence-electron chi connectivity index (χ0n) is 10.7. The van der Waals surface area contributed by atoms with E-state index in [1.807, 2.05) is 6.07 Å². The van der Waals surface area contributed by atoms with Crippen LogP contribution in [0.4, 0.5) is 17.1 Å². The number of amides is 1. The summed E-state index contributed by atoms with van der Waals surface area (Å²) in [6.07, 6.45) is 1.24. The van der Waals surface area contributed by atoms with Crippen molar-refractivity contribution in [3.63, 3.8) is 0 Å². The number of aryl methyl sites for hydroxylation is 1. The molecule has 1 amide bonds. The first-order valence-electron chi connectivity index (χ1n) is 6.35. The number of hydrogen-bond acceptors (Lipinski definition) is 5. The van der Waals surface area contributed by atoms with Crippen molar-refractivity contribution < 1.29 is 14.6 Å². The number of benzene rings is 1. The molecule has 0 saturated heterocycles. The molecule has 1 aliphatic heterocycles. The van der Waals surface area contributed by atoms with Crippen LogP contribution in [0.1, 0.15) is 12.0 Å². The summed E-state index contributed by atoms with van der Waals surface area (Å²) >= 11 is 0. The first-order chi connectivity index (χ1) is 9.20. The molecule has 0 atom stereocenters. The van der Waals surface area contributed by atoms with Crippen LogP contribution >= 0.6 is 0 Å². The molecular formula is C13H19N3O3.